The van der Waals surface area contributed by atoms with Crippen molar-refractivity contribution in [2.45, 2.75) is 39.0 Å². The Balaban J connectivity index is 1.46. The third-order valence-corrected chi connectivity index (χ3v) is 6.12. The molecule has 1 heterocycles. The number of rotatable bonds is 4. The fourth-order valence-electron chi connectivity index (χ4n) is 3.54. The number of carbonyl (C=O) groups excluding carboxylic acids is 2. The average Bonchev–Trinajstić information content (AvgIpc) is 3.10. The van der Waals surface area contributed by atoms with Crippen molar-refractivity contribution in [2.24, 2.45) is 5.92 Å². The summed E-state index contributed by atoms with van der Waals surface area (Å²) in [5.41, 5.74) is 3.19. The molecule has 1 aliphatic carbocycles. The van der Waals surface area contributed by atoms with Crippen molar-refractivity contribution >= 4 is 44.2 Å². The van der Waals surface area contributed by atoms with Crippen LogP contribution in [0.2, 0.25) is 0 Å². The Morgan fingerprint density at radius 3 is 2.50 bits per heavy atom. The number of nitrogens with one attached hydrogen (secondary N) is 2. The molecule has 2 amide bonds. The highest BCUT2D eigenvalue weighted by molar-refractivity contribution is 7.22. The summed E-state index contributed by atoms with van der Waals surface area (Å²) >= 11 is 1.46. The van der Waals surface area contributed by atoms with E-state index in [2.05, 4.69) is 15.6 Å². The zero-order chi connectivity index (χ0) is 19.5. The van der Waals surface area contributed by atoms with Gasteiger partial charge in [-0.25, -0.2) is 4.98 Å². The van der Waals surface area contributed by atoms with E-state index in [1.165, 1.54) is 17.8 Å². The zero-order valence-corrected chi connectivity index (χ0v) is 16.6. The Morgan fingerprint density at radius 1 is 1.00 bits per heavy atom. The first-order chi connectivity index (χ1) is 13.6. The Morgan fingerprint density at radius 2 is 1.75 bits per heavy atom. The second kappa shape index (κ2) is 8.10. The number of hydrogen-bond donors (Lipinski definition) is 2. The number of anilines is 2. The number of fused-ring (bicyclic) bond motifs is 1. The summed E-state index contributed by atoms with van der Waals surface area (Å²) in [7, 11) is 0. The van der Waals surface area contributed by atoms with Crippen LogP contribution in [0.5, 0.6) is 0 Å². The van der Waals surface area contributed by atoms with Crippen LogP contribution in [-0.2, 0) is 4.79 Å². The Bertz CT molecular complexity index is 1000. The highest BCUT2D eigenvalue weighted by atomic mass is 32.1. The molecule has 28 heavy (non-hydrogen) atoms. The average molecular weight is 394 g/mol. The zero-order valence-electron chi connectivity index (χ0n) is 15.8. The minimum Gasteiger partial charge on any atom is -0.322 e. The second-order valence-corrected chi connectivity index (χ2v) is 8.38. The van der Waals surface area contributed by atoms with E-state index >= 15 is 0 Å². The Hall–Kier alpha value is -2.73. The van der Waals surface area contributed by atoms with Gasteiger partial charge in [0, 0.05) is 17.2 Å². The van der Waals surface area contributed by atoms with E-state index in [0.29, 0.717) is 16.4 Å². The van der Waals surface area contributed by atoms with E-state index in [1.807, 2.05) is 49.4 Å². The van der Waals surface area contributed by atoms with Crippen molar-refractivity contribution in [1.29, 1.82) is 0 Å². The standard InChI is InChI=1S/C22H23N3O2S/c1-14-7-9-16(10-8-14)20(26)23-17-11-12-19-18(13-17)24-22(28-19)25-21(27)15-5-3-2-4-6-15/h7-13,15H,2-6H2,1H3,(H,23,26)(H,24,25,27). The Labute approximate surface area is 168 Å². The highest BCUT2D eigenvalue weighted by Gasteiger charge is 2.22. The van der Waals surface area contributed by atoms with Crippen LogP contribution in [0.15, 0.2) is 42.5 Å². The molecule has 1 saturated carbocycles. The minimum absolute atomic E-state index is 0.0756. The molecule has 2 aromatic carbocycles. The van der Waals surface area contributed by atoms with Gasteiger partial charge in [-0.05, 0) is 50.1 Å². The van der Waals surface area contributed by atoms with Gasteiger partial charge in [-0.15, -0.1) is 0 Å². The van der Waals surface area contributed by atoms with Gasteiger partial charge in [-0.3, -0.25) is 9.59 Å². The third kappa shape index (κ3) is 4.22. The number of hydrogen-bond acceptors (Lipinski definition) is 4. The van der Waals surface area contributed by atoms with Crippen LogP contribution in [0.4, 0.5) is 10.8 Å². The van der Waals surface area contributed by atoms with Gasteiger partial charge in [-0.2, -0.15) is 0 Å². The minimum atomic E-state index is -0.152. The van der Waals surface area contributed by atoms with Crippen molar-refractivity contribution in [3.63, 3.8) is 0 Å². The molecule has 1 aliphatic rings. The van der Waals surface area contributed by atoms with Crippen LogP contribution in [0.3, 0.4) is 0 Å². The summed E-state index contributed by atoms with van der Waals surface area (Å²) in [6.07, 6.45) is 5.41. The van der Waals surface area contributed by atoms with Crippen LogP contribution in [0.1, 0.15) is 48.0 Å². The van der Waals surface area contributed by atoms with Gasteiger partial charge < -0.3 is 10.6 Å². The quantitative estimate of drug-likeness (QED) is 0.625. The molecule has 0 aliphatic heterocycles. The van der Waals surface area contributed by atoms with Gasteiger partial charge in [0.2, 0.25) is 5.91 Å². The fraction of sp³-hybridized carbons (Fsp3) is 0.318. The molecule has 0 radical (unpaired) electrons. The number of carbonyl (C=O) groups is 2. The van der Waals surface area contributed by atoms with Crippen molar-refractivity contribution in [3.05, 3.63) is 53.6 Å². The SMILES string of the molecule is Cc1ccc(C(=O)Nc2ccc3sc(NC(=O)C4CCCCC4)nc3c2)cc1. The first-order valence-electron chi connectivity index (χ1n) is 9.68. The van der Waals surface area contributed by atoms with E-state index in [0.717, 1.165) is 41.5 Å². The van der Waals surface area contributed by atoms with E-state index in [9.17, 15) is 9.59 Å². The topological polar surface area (TPSA) is 71.1 Å². The van der Waals surface area contributed by atoms with E-state index in [4.69, 9.17) is 0 Å². The molecule has 5 nitrogen and oxygen atoms in total. The van der Waals surface area contributed by atoms with Crippen LogP contribution in [0.25, 0.3) is 10.2 Å². The molecule has 1 aromatic heterocycles. The number of benzene rings is 2. The predicted molar refractivity (Wildman–Crippen MR) is 114 cm³/mol. The van der Waals surface area contributed by atoms with Gasteiger partial charge in [0.1, 0.15) is 0 Å². The third-order valence-electron chi connectivity index (χ3n) is 5.17. The van der Waals surface area contributed by atoms with Gasteiger partial charge in [0.15, 0.2) is 5.13 Å². The number of aromatic nitrogens is 1. The van der Waals surface area contributed by atoms with Crippen molar-refractivity contribution in [2.75, 3.05) is 10.6 Å². The molecule has 1 fully saturated rings. The van der Waals surface area contributed by atoms with Gasteiger partial charge in [-0.1, -0.05) is 48.3 Å². The number of nitrogens with zero attached hydrogens (tertiary/aromatic N) is 1. The lowest BCUT2D eigenvalue weighted by atomic mass is 9.89. The van der Waals surface area contributed by atoms with Crippen molar-refractivity contribution < 1.29 is 9.59 Å². The molecule has 0 saturated heterocycles. The summed E-state index contributed by atoms with van der Waals surface area (Å²) in [6.45, 7) is 1.99. The maximum Gasteiger partial charge on any atom is 0.255 e. The normalized spacial score (nSPS) is 14.8. The summed E-state index contributed by atoms with van der Waals surface area (Å²) < 4.78 is 0.979. The molecule has 0 atom stereocenters. The maximum absolute atomic E-state index is 12.4. The van der Waals surface area contributed by atoms with Crippen LogP contribution >= 0.6 is 11.3 Å². The first-order valence-corrected chi connectivity index (χ1v) is 10.5. The largest absolute Gasteiger partial charge is 0.322 e. The molecule has 0 bridgehead atoms. The molecule has 4 rings (SSSR count). The number of amides is 2. The molecular formula is C22H23N3O2S. The summed E-state index contributed by atoms with van der Waals surface area (Å²) in [6, 6.07) is 13.1. The number of thiazole rings is 1. The van der Waals surface area contributed by atoms with Crippen LogP contribution in [0, 0.1) is 12.8 Å². The van der Waals surface area contributed by atoms with Crippen molar-refractivity contribution in [1.82, 2.24) is 4.98 Å². The van der Waals surface area contributed by atoms with Crippen molar-refractivity contribution in [3.8, 4) is 0 Å². The van der Waals surface area contributed by atoms with E-state index in [-0.39, 0.29) is 17.7 Å². The molecule has 3 aromatic rings. The second-order valence-electron chi connectivity index (χ2n) is 7.35. The van der Waals surface area contributed by atoms with Gasteiger partial charge >= 0.3 is 0 Å². The van der Waals surface area contributed by atoms with Crippen LogP contribution < -0.4 is 10.6 Å². The fourth-order valence-corrected chi connectivity index (χ4v) is 4.39. The first kappa shape index (κ1) is 18.6. The molecule has 0 unspecified atom stereocenters. The molecule has 6 heteroatoms. The monoisotopic (exact) mass is 393 g/mol. The maximum atomic E-state index is 12.4. The highest BCUT2D eigenvalue weighted by Crippen LogP contribution is 2.30. The molecule has 0 spiro atoms. The molecular weight excluding hydrogens is 370 g/mol. The summed E-state index contributed by atoms with van der Waals surface area (Å²) in [5.74, 6) is 0.0252. The Kier molecular flexibility index (Phi) is 5.39. The smallest absolute Gasteiger partial charge is 0.255 e. The lowest BCUT2D eigenvalue weighted by Gasteiger charge is -2.19. The van der Waals surface area contributed by atoms with E-state index < -0.39 is 0 Å². The summed E-state index contributed by atoms with van der Waals surface area (Å²) in [4.78, 5) is 29.4. The lowest BCUT2D eigenvalue weighted by molar-refractivity contribution is -0.120. The molecule has 2 N–H and O–H groups in total. The summed E-state index contributed by atoms with van der Waals surface area (Å²) in [5, 5.41) is 6.50. The van der Waals surface area contributed by atoms with Gasteiger partial charge in [0.25, 0.3) is 5.91 Å². The number of aryl methyl sites for hydroxylation is 1. The van der Waals surface area contributed by atoms with Crippen LogP contribution in [-0.4, -0.2) is 16.8 Å². The van der Waals surface area contributed by atoms with E-state index in [1.54, 1.807) is 0 Å². The van der Waals surface area contributed by atoms with Gasteiger partial charge in [0.05, 0.1) is 10.2 Å². The molecule has 144 valence electrons. The predicted octanol–water partition coefficient (Wildman–Crippen LogP) is 5.38. The lowest BCUT2D eigenvalue weighted by Crippen LogP contribution is -2.24.